The topological polar surface area (TPSA) is 276 Å². The Morgan fingerprint density at radius 1 is 0.364 bits per heavy atom. The lowest BCUT2D eigenvalue weighted by Crippen LogP contribution is -2.13. The number of rotatable bonds is 21. The van der Waals surface area contributed by atoms with E-state index in [4.69, 9.17) is 40.6 Å². The molecule has 0 aliphatic heterocycles. The average molecular weight is 1120 g/mol. The molecule has 4 amide bonds. The molecule has 16 nitrogen and oxygen atoms in total. The summed E-state index contributed by atoms with van der Waals surface area (Å²) in [7, 11) is 0. The van der Waals surface area contributed by atoms with E-state index >= 15 is 0 Å². The molecule has 8 N–H and O–H groups in total. The van der Waals surface area contributed by atoms with Crippen molar-refractivity contribution in [2.75, 3.05) is 23.0 Å². The molecule has 77 heavy (non-hydrogen) atoms. The molecule has 0 radical (unpaired) electrons. The van der Waals surface area contributed by atoms with Crippen LogP contribution < -0.4 is 22.9 Å². The van der Waals surface area contributed by atoms with Crippen LogP contribution >= 0.6 is 47.0 Å². The number of benzene rings is 4. The van der Waals surface area contributed by atoms with E-state index in [0.29, 0.717) is 69.6 Å². The van der Waals surface area contributed by atoms with E-state index in [0.717, 1.165) is 74.5 Å². The van der Waals surface area contributed by atoms with E-state index in [2.05, 4.69) is 39.0 Å². The molecule has 0 saturated carbocycles. The van der Waals surface area contributed by atoms with Crippen LogP contribution in [0.15, 0.2) is 115 Å². The molecule has 4 aromatic carbocycles. The SMILES string of the molecule is CCc1ccc(-c2nc(CSCC(N)=O)c(C)o2)cc1.Cc1ccc(-c2nc(CSCC(N)=O)c(C)o2)cc1.Cc1ccc(-c2nc(CSCC(N)=O)c(C)o2)cc1.Cc1ccc(-c2nc(CSCC(N)=O)c(C)o2)cc1. The molecule has 20 heteroatoms. The Hall–Kier alpha value is -7.00. The fraction of sp³-hybridized carbons (Fsp3) is 0.298. The molecule has 0 atom stereocenters. The van der Waals surface area contributed by atoms with Crippen molar-refractivity contribution in [1.82, 2.24) is 19.9 Å². The quantitative estimate of drug-likeness (QED) is 0.0520. The second-order valence-electron chi connectivity index (χ2n) is 17.6. The van der Waals surface area contributed by atoms with Crippen LogP contribution in [0.25, 0.3) is 45.8 Å². The standard InChI is InChI=1S/C15H18N2O2S.3C14H16N2O2S/c1-3-11-4-6-12(7-5-11)15-17-13(10(2)19-15)8-20-9-14(16)18;3*1-9-3-5-11(6-4-9)14-16-12(10(2)18-14)7-19-8-13(15)17/h4-7H,3,8-9H2,1-2H3,(H2,16,18);3*3-6H,7-8H2,1-2H3,(H2,15,17). The predicted molar refractivity (Wildman–Crippen MR) is 312 cm³/mol. The highest BCUT2D eigenvalue weighted by Gasteiger charge is 2.16. The second kappa shape index (κ2) is 30.7. The zero-order valence-corrected chi connectivity index (χ0v) is 47.9. The summed E-state index contributed by atoms with van der Waals surface area (Å²) in [5, 5.41) is 0. The van der Waals surface area contributed by atoms with E-state index in [1.165, 1.54) is 69.3 Å². The number of carbonyl (C=O) groups excluding carboxylic acids is 4. The van der Waals surface area contributed by atoms with Gasteiger partial charge in [0.15, 0.2) is 0 Å². The minimum atomic E-state index is -0.315. The number of aromatic nitrogens is 4. The summed E-state index contributed by atoms with van der Waals surface area (Å²) in [6.45, 7) is 15.8. The largest absolute Gasteiger partial charge is 0.441 e. The third kappa shape index (κ3) is 20.5. The summed E-state index contributed by atoms with van der Waals surface area (Å²) < 4.78 is 22.7. The van der Waals surface area contributed by atoms with Gasteiger partial charge in [-0.15, -0.1) is 47.0 Å². The fourth-order valence-electron chi connectivity index (χ4n) is 6.71. The Morgan fingerprint density at radius 3 is 0.766 bits per heavy atom. The molecular weight excluding hydrogens is 1050 g/mol. The van der Waals surface area contributed by atoms with E-state index in [9.17, 15) is 19.2 Å². The molecule has 0 unspecified atom stereocenters. The van der Waals surface area contributed by atoms with Gasteiger partial charge in [0.05, 0.1) is 45.8 Å². The van der Waals surface area contributed by atoms with Crippen molar-refractivity contribution in [3.63, 3.8) is 0 Å². The lowest BCUT2D eigenvalue weighted by molar-refractivity contribution is -0.116. The van der Waals surface area contributed by atoms with Gasteiger partial charge in [-0.05, 0) is 109 Å². The zero-order chi connectivity index (χ0) is 56.0. The van der Waals surface area contributed by atoms with Gasteiger partial charge in [-0.3, -0.25) is 19.2 Å². The van der Waals surface area contributed by atoms with E-state index in [-0.39, 0.29) is 23.6 Å². The minimum absolute atomic E-state index is 0.298. The van der Waals surface area contributed by atoms with Crippen molar-refractivity contribution >= 4 is 70.7 Å². The Labute approximate surface area is 466 Å². The number of hydrogen-bond donors (Lipinski definition) is 4. The van der Waals surface area contributed by atoms with Gasteiger partial charge in [0.25, 0.3) is 0 Å². The lowest BCUT2D eigenvalue weighted by Gasteiger charge is -1.98. The van der Waals surface area contributed by atoms with Gasteiger partial charge in [-0.25, -0.2) is 19.9 Å². The van der Waals surface area contributed by atoms with Crippen LogP contribution in [-0.2, 0) is 48.6 Å². The van der Waals surface area contributed by atoms with Gasteiger partial charge in [-0.1, -0.05) is 72.1 Å². The van der Waals surface area contributed by atoms with Crippen molar-refractivity contribution in [3.8, 4) is 45.8 Å². The van der Waals surface area contributed by atoms with Crippen molar-refractivity contribution in [3.05, 3.63) is 165 Å². The highest BCUT2D eigenvalue weighted by atomic mass is 32.2. The van der Waals surface area contributed by atoms with Crippen molar-refractivity contribution in [2.24, 2.45) is 22.9 Å². The summed E-state index contributed by atoms with van der Waals surface area (Å²) in [5.41, 5.74) is 32.6. The van der Waals surface area contributed by atoms with Crippen LogP contribution in [-0.4, -0.2) is 66.6 Å². The number of aryl methyl sites for hydroxylation is 8. The molecule has 0 aliphatic carbocycles. The first-order chi connectivity index (χ1) is 36.8. The average Bonchev–Trinajstić information content (AvgIpc) is 4.17. The number of carbonyl (C=O) groups is 4. The Kier molecular flexibility index (Phi) is 24.2. The van der Waals surface area contributed by atoms with Crippen LogP contribution in [0.5, 0.6) is 0 Å². The normalized spacial score (nSPS) is 10.6. The Balaban J connectivity index is 0.000000189. The molecule has 0 aliphatic rings. The van der Waals surface area contributed by atoms with Crippen molar-refractivity contribution in [1.29, 1.82) is 0 Å². The van der Waals surface area contributed by atoms with Crippen LogP contribution in [0.1, 0.15) is 75.0 Å². The molecule has 0 fully saturated rings. The number of hydrogen-bond acceptors (Lipinski definition) is 16. The Morgan fingerprint density at radius 2 is 0.571 bits per heavy atom. The van der Waals surface area contributed by atoms with E-state index in [1.807, 2.05) is 133 Å². The van der Waals surface area contributed by atoms with Crippen molar-refractivity contribution < 1.29 is 36.8 Å². The Bertz CT molecular complexity index is 2920. The number of oxazole rings is 4. The molecule has 0 spiro atoms. The number of nitrogens with two attached hydrogens (primary N) is 4. The smallest absolute Gasteiger partial charge is 0.227 e. The molecule has 0 saturated heterocycles. The maximum atomic E-state index is 10.7. The summed E-state index contributed by atoms with van der Waals surface area (Å²) in [6, 6.07) is 32.3. The van der Waals surface area contributed by atoms with E-state index in [1.54, 1.807) is 0 Å². The highest BCUT2D eigenvalue weighted by Crippen LogP contribution is 2.28. The molecule has 8 rings (SSSR count). The molecule has 4 aromatic heterocycles. The predicted octanol–water partition coefficient (Wildman–Crippen LogP) is 11.0. The fourth-order valence-corrected chi connectivity index (χ4v) is 9.76. The molecule has 8 aromatic rings. The number of primary amides is 4. The first kappa shape index (κ1) is 60.9. The highest BCUT2D eigenvalue weighted by molar-refractivity contribution is 7.99. The first-order valence-corrected chi connectivity index (χ1v) is 29.0. The van der Waals surface area contributed by atoms with Crippen molar-refractivity contribution in [2.45, 2.75) is 84.8 Å². The van der Waals surface area contributed by atoms with Crippen LogP contribution in [0.3, 0.4) is 0 Å². The monoisotopic (exact) mass is 1120 g/mol. The van der Waals surface area contributed by atoms with Crippen LogP contribution in [0.2, 0.25) is 0 Å². The molecular formula is C57H66N8O8S4. The molecule has 0 bridgehead atoms. The second-order valence-corrected chi connectivity index (χ2v) is 21.5. The summed E-state index contributed by atoms with van der Waals surface area (Å²) in [4.78, 5) is 60.7. The molecule has 406 valence electrons. The first-order valence-electron chi connectivity index (χ1n) is 24.4. The minimum Gasteiger partial charge on any atom is -0.441 e. The zero-order valence-electron chi connectivity index (χ0n) is 44.6. The van der Waals surface area contributed by atoms with Gasteiger partial charge < -0.3 is 40.6 Å². The van der Waals surface area contributed by atoms with Crippen LogP contribution in [0.4, 0.5) is 0 Å². The lowest BCUT2D eigenvalue weighted by atomic mass is 10.1. The number of amides is 4. The summed E-state index contributed by atoms with van der Waals surface area (Å²) in [5.74, 6) is 8.07. The number of thioether (sulfide) groups is 4. The van der Waals surface area contributed by atoms with Gasteiger partial charge in [0.2, 0.25) is 47.2 Å². The van der Waals surface area contributed by atoms with Crippen LogP contribution in [0, 0.1) is 48.5 Å². The number of nitrogens with zero attached hydrogens (tertiary/aromatic N) is 4. The third-order valence-electron chi connectivity index (χ3n) is 11.0. The maximum absolute atomic E-state index is 10.7. The van der Waals surface area contributed by atoms with Gasteiger partial charge in [0, 0.05) is 45.3 Å². The summed E-state index contributed by atoms with van der Waals surface area (Å²) >= 11 is 5.77. The van der Waals surface area contributed by atoms with Gasteiger partial charge in [-0.2, -0.15) is 0 Å². The van der Waals surface area contributed by atoms with Gasteiger partial charge >= 0.3 is 0 Å². The van der Waals surface area contributed by atoms with E-state index < -0.39 is 0 Å². The van der Waals surface area contributed by atoms with Gasteiger partial charge in [0.1, 0.15) is 23.0 Å². The summed E-state index contributed by atoms with van der Waals surface area (Å²) in [6.07, 6.45) is 1.01. The maximum Gasteiger partial charge on any atom is 0.227 e. The molecule has 4 heterocycles. The third-order valence-corrected chi connectivity index (χ3v) is 14.9.